The van der Waals surface area contributed by atoms with Gasteiger partial charge in [-0.15, -0.1) is 0 Å². The molecule has 4 rings (SSSR count). The fourth-order valence-electron chi connectivity index (χ4n) is 2.89. The number of hydrogen-bond donors (Lipinski definition) is 2. The summed E-state index contributed by atoms with van der Waals surface area (Å²) in [6, 6.07) is 13.1. The Labute approximate surface area is 156 Å². The van der Waals surface area contributed by atoms with Crippen LogP contribution in [0.5, 0.6) is 0 Å². The number of carbonyl (C=O) groups is 1. The first kappa shape index (κ1) is 16.7. The van der Waals surface area contributed by atoms with Crippen molar-refractivity contribution in [3.63, 3.8) is 0 Å². The predicted molar refractivity (Wildman–Crippen MR) is 104 cm³/mol. The third-order valence-corrected chi connectivity index (χ3v) is 4.23. The molecule has 0 unspecified atom stereocenters. The van der Waals surface area contributed by atoms with Crippen LogP contribution in [-0.2, 0) is 13.6 Å². The molecule has 0 saturated carbocycles. The molecule has 7 heteroatoms. The zero-order valence-corrected chi connectivity index (χ0v) is 14.8. The number of pyridine rings is 2. The highest BCUT2D eigenvalue weighted by Crippen LogP contribution is 2.19. The maximum atomic E-state index is 12.2. The minimum atomic E-state index is -0.274. The number of rotatable bonds is 4. The molecule has 7 nitrogen and oxygen atoms in total. The highest BCUT2D eigenvalue weighted by Gasteiger charge is 2.06. The summed E-state index contributed by atoms with van der Waals surface area (Å²) in [5.74, 6) is 0. The Kier molecular flexibility index (Phi) is 4.49. The highest BCUT2D eigenvalue weighted by molar-refractivity contribution is 5.92. The first-order valence-electron chi connectivity index (χ1n) is 8.51. The van der Waals surface area contributed by atoms with E-state index in [1.165, 1.54) is 0 Å². The molecule has 0 spiro atoms. The number of aromatic nitrogens is 4. The summed E-state index contributed by atoms with van der Waals surface area (Å²) in [5, 5.41) is 10.8. The van der Waals surface area contributed by atoms with Gasteiger partial charge in [-0.05, 0) is 42.0 Å². The van der Waals surface area contributed by atoms with Crippen molar-refractivity contribution in [2.45, 2.75) is 6.54 Å². The first-order valence-corrected chi connectivity index (χ1v) is 8.51. The third kappa shape index (κ3) is 3.77. The Morgan fingerprint density at radius 3 is 2.89 bits per heavy atom. The van der Waals surface area contributed by atoms with Gasteiger partial charge >= 0.3 is 6.03 Å². The molecular weight excluding hydrogens is 340 g/mol. The van der Waals surface area contributed by atoms with Crippen LogP contribution in [0, 0.1) is 0 Å². The SMILES string of the molecule is Cn1nccc1-c1cncc(CNC(=O)Nc2ccc3ncccc3c2)c1. The van der Waals surface area contributed by atoms with Crippen molar-refractivity contribution >= 4 is 22.6 Å². The number of amides is 2. The van der Waals surface area contributed by atoms with Gasteiger partial charge in [0.15, 0.2) is 0 Å². The van der Waals surface area contributed by atoms with Crippen molar-refractivity contribution in [1.29, 1.82) is 0 Å². The Morgan fingerprint density at radius 1 is 1.11 bits per heavy atom. The molecule has 27 heavy (non-hydrogen) atoms. The maximum Gasteiger partial charge on any atom is 0.319 e. The average molecular weight is 358 g/mol. The first-order chi connectivity index (χ1) is 13.2. The molecule has 134 valence electrons. The van der Waals surface area contributed by atoms with E-state index in [-0.39, 0.29) is 6.03 Å². The summed E-state index contributed by atoms with van der Waals surface area (Å²) < 4.78 is 1.79. The van der Waals surface area contributed by atoms with Gasteiger partial charge in [-0.1, -0.05) is 6.07 Å². The minimum Gasteiger partial charge on any atom is -0.334 e. The van der Waals surface area contributed by atoms with E-state index in [0.29, 0.717) is 6.54 Å². The maximum absolute atomic E-state index is 12.2. The molecule has 0 atom stereocenters. The van der Waals surface area contributed by atoms with Gasteiger partial charge in [0.25, 0.3) is 0 Å². The van der Waals surface area contributed by atoms with Gasteiger partial charge in [0.05, 0.1) is 11.2 Å². The molecule has 2 N–H and O–H groups in total. The van der Waals surface area contributed by atoms with Gasteiger partial charge in [-0.2, -0.15) is 5.10 Å². The number of nitrogens with zero attached hydrogens (tertiary/aromatic N) is 4. The largest absolute Gasteiger partial charge is 0.334 e. The van der Waals surface area contributed by atoms with Crippen LogP contribution in [-0.4, -0.2) is 25.8 Å². The number of anilines is 1. The summed E-state index contributed by atoms with van der Waals surface area (Å²) in [5.41, 5.74) is 4.44. The molecule has 0 aliphatic heterocycles. The van der Waals surface area contributed by atoms with E-state index < -0.39 is 0 Å². The van der Waals surface area contributed by atoms with E-state index in [1.807, 2.05) is 49.5 Å². The van der Waals surface area contributed by atoms with E-state index in [2.05, 4.69) is 25.7 Å². The van der Waals surface area contributed by atoms with Gasteiger partial charge in [-0.25, -0.2) is 4.79 Å². The molecule has 0 radical (unpaired) electrons. The molecule has 0 bridgehead atoms. The molecule has 1 aromatic carbocycles. The molecule has 3 aromatic heterocycles. The zero-order chi connectivity index (χ0) is 18.6. The van der Waals surface area contributed by atoms with Crippen LogP contribution < -0.4 is 10.6 Å². The van der Waals surface area contributed by atoms with E-state index in [4.69, 9.17) is 0 Å². The Bertz CT molecular complexity index is 1100. The topological polar surface area (TPSA) is 84.7 Å². The molecule has 2 amide bonds. The van der Waals surface area contributed by atoms with Gasteiger partial charge in [0, 0.05) is 55.0 Å². The van der Waals surface area contributed by atoms with Crippen LogP contribution in [0.3, 0.4) is 0 Å². The second kappa shape index (κ2) is 7.25. The summed E-state index contributed by atoms with van der Waals surface area (Å²) in [4.78, 5) is 20.7. The second-order valence-corrected chi connectivity index (χ2v) is 6.14. The number of urea groups is 1. The van der Waals surface area contributed by atoms with Crippen LogP contribution in [0.15, 0.2) is 67.3 Å². The lowest BCUT2D eigenvalue weighted by Crippen LogP contribution is -2.28. The van der Waals surface area contributed by atoms with Crippen LogP contribution >= 0.6 is 0 Å². The van der Waals surface area contributed by atoms with Crippen molar-refractivity contribution in [2.75, 3.05) is 5.32 Å². The van der Waals surface area contributed by atoms with Gasteiger partial charge in [0.2, 0.25) is 0 Å². The smallest absolute Gasteiger partial charge is 0.319 e. The quantitative estimate of drug-likeness (QED) is 0.586. The monoisotopic (exact) mass is 358 g/mol. The predicted octanol–water partition coefficient (Wildman–Crippen LogP) is 3.35. The van der Waals surface area contributed by atoms with E-state index in [0.717, 1.165) is 33.4 Å². The van der Waals surface area contributed by atoms with E-state index >= 15 is 0 Å². The second-order valence-electron chi connectivity index (χ2n) is 6.14. The van der Waals surface area contributed by atoms with Crippen LogP contribution in [0.4, 0.5) is 10.5 Å². The minimum absolute atomic E-state index is 0.274. The molecule has 0 aliphatic carbocycles. The highest BCUT2D eigenvalue weighted by atomic mass is 16.2. The third-order valence-electron chi connectivity index (χ3n) is 4.23. The van der Waals surface area contributed by atoms with Crippen molar-refractivity contribution < 1.29 is 4.79 Å². The average Bonchev–Trinajstić information content (AvgIpc) is 3.12. The Morgan fingerprint density at radius 2 is 2.04 bits per heavy atom. The molecule has 0 aliphatic rings. The van der Waals surface area contributed by atoms with Gasteiger partial charge in [0.1, 0.15) is 0 Å². The Balaban J connectivity index is 1.41. The van der Waals surface area contributed by atoms with Gasteiger partial charge < -0.3 is 10.6 Å². The van der Waals surface area contributed by atoms with Crippen molar-refractivity contribution in [3.05, 3.63) is 72.8 Å². The molecule has 4 aromatic rings. The number of carbonyl (C=O) groups excluding carboxylic acids is 1. The molecule has 0 fully saturated rings. The van der Waals surface area contributed by atoms with Crippen LogP contribution in [0.2, 0.25) is 0 Å². The van der Waals surface area contributed by atoms with Crippen molar-refractivity contribution in [2.24, 2.45) is 7.05 Å². The Hall–Kier alpha value is -3.74. The number of benzene rings is 1. The van der Waals surface area contributed by atoms with Crippen molar-refractivity contribution in [3.8, 4) is 11.3 Å². The number of fused-ring (bicyclic) bond motifs is 1. The lowest BCUT2D eigenvalue weighted by atomic mass is 10.1. The summed E-state index contributed by atoms with van der Waals surface area (Å²) in [6.45, 7) is 0.375. The summed E-state index contributed by atoms with van der Waals surface area (Å²) >= 11 is 0. The van der Waals surface area contributed by atoms with Gasteiger partial charge in [-0.3, -0.25) is 14.6 Å². The number of hydrogen-bond acceptors (Lipinski definition) is 4. The molecule has 0 saturated heterocycles. The molecule has 3 heterocycles. The number of nitrogens with one attached hydrogen (secondary N) is 2. The van der Waals surface area contributed by atoms with E-state index in [9.17, 15) is 4.79 Å². The lowest BCUT2D eigenvalue weighted by molar-refractivity contribution is 0.251. The fraction of sp³-hybridized carbons (Fsp3) is 0.100. The van der Waals surface area contributed by atoms with E-state index in [1.54, 1.807) is 29.5 Å². The van der Waals surface area contributed by atoms with Crippen LogP contribution in [0.1, 0.15) is 5.56 Å². The zero-order valence-electron chi connectivity index (χ0n) is 14.8. The normalized spacial score (nSPS) is 10.7. The van der Waals surface area contributed by atoms with Crippen molar-refractivity contribution in [1.82, 2.24) is 25.1 Å². The fourth-order valence-corrected chi connectivity index (χ4v) is 2.89. The standard InChI is InChI=1S/C20H18N6O/c1-26-19(6-8-24-26)16-9-14(11-21-13-16)12-23-20(27)25-17-4-5-18-15(10-17)3-2-7-22-18/h2-11,13H,12H2,1H3,(H2,23,25,27). The summed E-state index contributed by atoms with van der Waals surface area (Å²) in [6.07, 6.45) is 7.01. The van der Waals surface area contributed by atoms with Crippen LogP contribution in [0.25, 0.3) is 22.2 Å². The number of aryl methyl sites for hydroxylation is 1. The molecular formula is C20H18N6O. The summed E-state index contributed by atoms with van der Waals surface area (Å²) in [7, 11) is 1.88. The lowest BCUT2D eigenvalue weighted by Gasteiger charge is -2.09.